The van der Waals surface area contributed by atoms with E-state index in [4.69, 9.17) is 21.6 Å². The number of ether oxygens (including phenoxy) is 1. The number of halogens is 1. The van der Waals surface area contributed by atoms with Crippen LogP contribution in [0.25, 0.3) is 0 Å². The molecule has 0 aliphatic carbocycles. The number of carbonyl (C=O) groups excluding carboxylic acids is 1. The van der Waals surface area contributed by atoms with E-state index in [2.05, 4.69) is 0 Å². The Morgan fingerprint density at radius 3 is 2.58 bits per heavy atom. The highest BCUT2D eigenvalue weighted by Crippen LogP contribution is 2.25. The molecule has 0 radical (unpaired) electrons. The van der Waals surface area contributed by atoms with Crippen LogP contribution in [0.1, 0.15) is 21.5 Å². The van der Waals surface area contributed by atoms with Gasteiger partial charge in [0, 0.05) is 0 Å². The summed E-state index contributed by atoms with van der Waals surface area (Å²) in [4.78, 5) is 10.9. The van der Waals surface area contributed by atoms with Gasteiger partial charge in [0.05, 0.1) is 22.2 Å². The Kier molecular flexibility index (Phi) is 4.17. The van der Waals surface area contributed by atoms with Crippen LogP contribution in [0.3, 0.4) is 0 Å². The van der Waals surface area contributed by atoms with E-state index >= 15 is 0 Å². The second-order valence-corrected chi connectivity index (χ2v) is 4.27. The van der Waals surface area contributed by atoms with Gasteiger partial charge in [0.2, 0.25) is 0 Å². The summed E-state index contributed by atoms with van der Waals surface area (Å²) in [6.07, 6.45) is 0.677. The first-order chi connectivity index (χ1) is 9.24. The molecule has 0 saturated heterocycles. The van der Waals surface area contributed by atoms with Gasteiger partial charge in [-0.15, -0.1) is 0 Å². The van der Waals surface area contributed by atoms with E-state index < -0.39 is 0 Å². The molecule has 0 aliphatic rings. The maximum atomic E-state index is 10.9. The van der Waals surface area contributed by atoms with Gasteiger partial charge in [-0.25, -0.2) is 0 Å². The number of hydrogen-bond acceptors (Lipinski definition) is 3. The van der Waals surface area contributed by atoms with Crippen LogP contribution < -0.4 is 4.74 Å². The highest BCUT2D eigenvalue weighted by molar-refractivity contribution is 6.33. The molecule has 0 amide bonds. The summed E-state index contributed by atoms with van der Waals surface area (Å²) >= 11 is 5.90. The smallest absolute Gasteiger partial charge is 0.155 e. The van der Waals surface area contributed by atoms with Gasteiger partial charge in [-0.1, -0.05) is 29.8 Å². The monoisotopic (exact) mass is 271 g/mol. The van der Waals surface area contributed by atoms with Gasteiger partial charge in [-0.2, -0.15) is 5.26 Å². The molecule has 94 valence electrons. The highest BCUT2D eigenvalue weighted by Gasteiger charge is 2.07. The van der Waals surface area contributed by atoms with E-state index in [0.29, 0.717) is 34.8 Å². The standard InChI is InChI=1S/C15H10ClNO2/c16-14-2-1-3-15(13(14)9-18)19-10-12-6-4-11(8-17)5-7-12/h1-7,9H,10H2. The van der Waals surface area contributed by atoms with Crippen LogP contribution in [-0.4, -0.2) is 6.29 Å². The molecule has 3 nitrogen and oxygen atoms in total. The normalized spacial score (nSPS) is 9.68. The topological polar surface area (TPSA) is 50.1 Å². The lowest BCUT2D eigenvalue weighted by atomic mass is 10.1. The van der Waals surface area contributed by atoms with Gasteiger partial charge in [-0.3, -0.25) is 4.79 Å². The van der Waals surface area contributed by atoms with Crippen molar-refractivity contribution in [3.63, 3.8) is 0 Å². The minimum Gasteiger partial charge on any atom is -0.488 e. The molecule has 0 atom stereocenters. The second-order valence-electron chi connectivity index (χ2n) is 3.87. The van der Waals surface area contributed by atoms with Crippen LogP contribution in [0.4, 0.5) is 0 Å². The van der Waals surface area contributed by atoms with Crippen molar-refractivity contribution in [1.29, 1.82) is 5.26 Å². The number of nitrogens with zero attached hydrogens (tertiary/aromatic N) is 1. The molecule has 19 heavy (non-hydrogen) atoms. The molecular weight excluding hydrogens is 262 g/mol. The van der Waals surface area contributed by atoms with Gasteiger partial charge >= 0.3 is 0 Å². The predicted octanol–water partition coefficient (Wildman–Crippen LogP) is 3.60. The van der Waals surface area contributed by atoms with Crippen LogP contribution in [-0.2, 0) is 6.61 Å². The molecule has 0 fully saturated rings. The molecule has 0 bridgehead atoms. The van der Waals surface area contributed by atoms with E-state index in [1.165, 1.54) is 0 Å². The lowest BCUT2D eigenvalue weighted by molar-refractivity contribution is 0.111. The average Bonchev–Trinajstić information content (AvgIpc) is 2.45. The zero-order valence-corrected chi connectivity index (χ0v) is 10.7. The Hall–Kier alpha value is -2.31. The summed E-state index contributed by atoms with van der Waals surface area (Å²) < 4.78 is 5.57. The Morgan fingerprint density at radius 1 is 1.21 bits per heavy atom. The van der Waals surface area contributed by atoms with E-state index in [-0.39, 0.29) is 0 Å². The first kappa shape index (κ1) is 13.1. The maximum Gasteiger partial charge on any atom is 0.155 e. The molecule has 0 saturated carbocycles. The molecule has 0 unspecified atom stereocenters. The summed E-state index contributed by atoms with van der Waals surface area (Å²) in [7, 11) is 0. The predicted molar refractivity (Wildman–Crippen MR) is 72.3 cm³/mol. The van der Waals surface area contributed by atoms with E-state index in [1.807, 2.05) is 18.2 Å². The van der Waals surface area contributed by atoms with Crippen molar-refractivity contribution in [1.82, 2.24) is 0 Å². The first-order valence-electron chi connectivity index (χ1n) is 5.60. The van der Waals surface area contributed by atoms with Crippen molar-refractivity contribution in [2.45, 2.75) is 6.61 Å². The zero-order chi connectivity index (χ0) is 13.7. The van der Waals surface area contributed by atoms with Gasteiger partial charge in [-0.05, 0) is 29.8 Å². The maximum absolute atomic E-state index is 10.9. The summed E-state index contributed by atoms with van der Waals surface area (Å²) in [5.74, 6) is 0.451. The molecule has 0 aliphatic heterocycles. The number of hydrogen-bond donors (Lipinski definition) is 0. The quantitative estimate of drug-likeness (QED) is 0.798. The summed E-state index contributed by atoms with van der Waals surface area (Å²) in [6, 6.07) is 14.2. The number of aldehydes is 1. The van der Waals surface area contributed by atoms with Gasteiger partial charge in [0.1, 0.15) is 12.4 Å². The van der Waals surface area contributed by atoms with Gasteiger partial charge < -0.3 is 4.74 Å². The van der Waals surface area contributed by atoms with Crippen LogP contribution in [0.5, 0.6) is 5.75 Å². The minimum atomic E-state index is 0.312. The van der Waals surface area contributed by atoms with Crippen molar-refractivity contribution in [3.05, 3.63) is 64.2 Å². The van der Waals surface area contributed by atoms with Crippen LogP contribution in [0.2, 0.25) is 5.02 Å². The fourth-order valence-electron chi connectivity index (χ4n) is 1.59. The number of carbonyl (C=O) groups is 1. The largest absolute Gasteiger partial charge is 0.488 e. The Morgan fingerprint density at radius 2 is 1.95 bits per heavy atom. The van der Waals surface area contributed by atoms with Crippen LogP contribution in [0.15, 0.2) is 42.5 Å². The fourth-order valence-corrected chi connectivity index (χ4v) is 1.80. The van der Waals surface area contributed by atoms with E-state index in [9.17, 15) is 4.79 Å². The molecule has 0 spiro atoms. The molecule has 0 heterocycles. The third-order valence-corrected chi connectivity index (χ3v) is 2.94. The van der Waals surface area contributed by atoms with Crippen molar-refractivity contribution < 1.29 is 9.53 Å². The van der Waals surface area contributed by atoms with Gasteiger partial charge in [0.25, 0.3) is 0 Å². The lowest BCUT2D eigenvalue weighted by Gasteiger charge is -2.09. The molecule has 0 N–H and O–H groups in total. The fraction of sp³-hybridized carbons (Fsp3) is 0.0667. The third-order valence-electron chi connectivity index (χ3n) is 2.61. The summed E-state index contributed by atoms with van der Waals surface area (Å²) in [6.45, 7) is 0.312. The number of nitriles is 1. The second kappa shape index (κ2) is 6.03. The zero-order valence-electron chi connectivity index (χ0n) is 9.97. The van der Waals surface area contributed by atoms with Crippen LogP contribution >= 0.6 is 11.6 Å². The third kappa shape index (κ3) is 3.12. The molecule has 0 aromatic heterocycles. The summed E-state index contributed by atoms with van der Waals surface area (Å²) in [5, 5.41) is 9.07. The van der Waals surface area contributed by atoms with E-state index in [0.717, 1.165) is 5.56 Å². The number of rotatable bonds is 4. The van der Waals surface area contributed by atoms with Crippen molar-refractivity contribution in [2.24, 2.45) is 0 Å². The average molecular weight is 272 g/mol. The first-order valence-corrected chi connectivity index (χ1v) is 5.98. The Labute approximate surface area is 116 Å². The number of benzene rings is 2. The SMILES string of the molecule is N#Cc1ccc(COc2cccc(Cl)c2C=O)cc1. The van der Waals surface area contributed by atoms with Crippen molar-refractivity contribution in [3.8, 4) is 11.8 Å². The molecular formula is C15H10ClNO2. The molecule has 4 heteroatoms. The highest BCUT2D eigenvalue weighted by atomic mass is 35.5. The van der Waals surface area contributed by atoms with Crippen molar-refractivity contribution in [2.75, 3.05) is 0 Å². The van der Waals surface area contributed by atoms with Crippen LogP contribution in [0, 0.1) is 11.3 Å². The lowest BCUT2D eigenvalue weighted by Crippen LogP contribution is -1.98. The molecule has 2 aromatic rings. The molecule has 2 rings (SSSR count). The Bertz CT molecular complexity index is 630. The minimum absolute atomic E-state index is 0.312. The summed E-state index contributed by atoms with van der Waals surface area (Å²) in [5.41, 5.74) is 1.86. The Balaban J connectivity index is 2.12. The van der Waals surface area contributed by atoms with Crippen molar-refractivity contribution >= 4 is 17.9 Å². The van der Waals surface area contributed by atoms with E-state index in [1.54, 1.807) is 30.3 Å². The van der Waals surface area contributed by atoms with Gasteiger partial charge in [0.15, 0.2) is 6.29 Å². The molecule has 2 aromatic carbocycles.